The minimum absolute atomic E-state index is 0.00288. The molecule has 0 aliphatic heterocycles. The molecule has 2 heteroatoms. The fourth-order valence-corrected chi connectivity index (χ4v) is 2.54. The Morgan fingerprint density at radius 1 is 1.10 bits per heavy atom. The second-order valence-electron chi connectivity index (χ2n) is 8.55. The van der Waals surface area contributed by atoms with Gasteiger partial charge in [-0.3, -0.25) is 4.90 Å². The molecule has 0 spiro atoms. The maximum atomic E-state index is 14.5. The fraction of sp³-hybridized carbons (Fsp3) is 0.684. The zero-order valence-corrected chi connectivity index (χ0v) is 14.5. The van der Waals surface area contributed by atoms with Crippen molar-refractivity contribution in [3.63, 3.8) is 0 Å². The van der Waals surface area contributed by atoms with Crippen molar-refractivity contribution >= 4 is 0 Å². The summed E-state index contributed by atoms with van der Waals surface area (Å²) < 4.78 is 14.5. The van der Waals surface area contributed by atoms with E-state index in [1.54, 1.807) is 6.07 Å². The average molecular weight is 291 g/mol. The van der Waals surface area contributed by atoms with Gasteiger partial charge < -0.3 is 0 Å². The molecule has 0 N–H and O–H groups in total. The van der Waals surface area contributed by atoms with Gasteiger partial charge in [0.1, 0.15) is 5.82 Å². The summed E-state index contributed by atoms with van der Waals surface area (Å²) in [6.07, 6.45) is 2.66. The highest BCUT2D eigenvalue weighted by molar-refractivity contribution is 5.29. The second kappa shape index (κ2) is 5.72. The van der Waals surface area contributed by atoms with Crippen molar-refractivity contribution < 1.29 is 4.39 Å². The summed E-state index contributed by atoms with van der Waals surface area (Å²) >= 11 is 0. The molecule has 0 saturated heterocycles. The second-order valence-corrected chi connectivity index (χ2v) is 8.55. The maximum absolute atomic E-state index is 14.5. The first-order valence-corrected chi connectivity index (χ1v) is 8.11. The van der Waals surface area contributed by atoms with Crippen LogP contribution in [0.5, 0.6) is 0 Å². The molecule has 1 nitrogen and oxygen atoms in total. The van der Waals surface area contributed by atoms with Crippen molar-refractivity contribution in [1.29, 1.82) is 0 Å². The largest absolute Gasteiger partial charge is 0.294 e. The molecule has 1 saturated carbocycles. The normalized spacial score (nSPS) is 16.6. The van der Waals surface area contributed by atoms with Crippen LogP contribution in [-0.2, 0) is 12.0 Å². The summed E-state index contributed by atoms with van der Waals surface area (Å²) in [5, 5.41) is 0. The predicted octanol–water partition coefficient (Wildman–Crippen LogP) is 5.13. The zero-order valence-electron chi connectivity index (χ0n) is 14.5. The highest BCUT2D eigenvalue weighted by Gasteiger charge is 2.30. The van der Waals surface area contributed by atoms with Gasteiger partial charge >= 0.3 is 0 Å². The molecule has 21 heavy (non-hydrogen) atoms. The van der Waals surface area contributed by atoms with Crippen molar-refractivity contribution in [1.82, 2.24) is 4.90 Å². The number of rotatable bonds is 4. The summed E-state index contributed by atoms with van der Waals surface area (Å²) in [5.74, 6) is 0.758. The van der Waals surface area contributed by atoms with E-state index in [0.29, 0.717) is 6.54 Å². The Bertz CT molecular complexity index is 489. The molecule has 1 fully saturated rings. The van der Waals surface area contributed by atoms with E-state index < -0.39 is 0 Å². The van der Waals surface area contributed by atoms with Crippen LogP contribution in [0.15, 0.2) is 18.2 Å². The van der Waals surface area contributed by atoms with E-state index in [2.05, 4.69) is 52.5 Å². The summed E-state index contributed by atoms with van der Waals surface area (Å²) in [6.45, 7) is 14.8. The topological polar surface area (TPSA) is 3.24 Å². The molecule has 1 aliphatic carbocycles. The molecular formula is C19H30FN. The molecule has 0 heterocycles. The lowest BCUT2D eigenvalue weighted by Crippen LogP contribution is -2.42. The van der Waals surface area contributed by atoms with Gasteiger partial charge in [0.25, 0.3) is 0 Å². The van der Waals surface area contributed by atoms with E-state index in [-0.39, 0.29) is 16.8 Å². The number of hydrogen-bond donors (Lipinski definition) is 0. The SMILES string of the molecule is CC(C)(C)c1ccc(CN(CC2CC2)C(C)(C)C)c(F)c1. The van der Waals surface area contributed by atoms with Crippen LogP contribution in [-0.4, -0.2) is 17.0 Å². The molecule has 1 aromatic rings. The van der Waals surface area contributed by atoms with Crippen LogP contribution < -0.4 is 0 Å². The fourth-order valence-electron chi connectivity index (χ4n) is 2.54. The van der Waals surface area contributed by atoms with Gasteiger partial charge in [0.2, 0.25) is 0 Å². The lowest BCUT2D eigenvalue weighted by Gasteiger charge is -2.36. The third kappa shape index (κ3) is 4.54. The molecule has 0 bridgehead atoms. The van der Waals surface area contributed by atoms with Gasteiger partial charge in [-0.25, -0.2) is 4.39 Å². The highest BCUT2D eigenvalue weighted by atomic mass is 19.1. The summed E-state index contributed by atoms with van der Waals surface area (Å²) in [7, 11) is 0. The smallest absolute Gasteiger partial charge is 0.127 e. The van der Waals surface area contributed by atoms with E-state index in [1.807, 2.05) is 6.07 Å². The Morgan fingerprint density at radius 3 is 2.14 bits per heavy atom. The third-order valence-corrected chi connectivity index (χ3v) is 4.40. The van der Waals surface area contributed by atoms with Crippen LogP contribution in [0, 0.1) is 11.7 Å². The Morgan fingerprint density at radius 2 is 1.71 bits per heavy atom. The minimum atomic E-state index is -0.0625. The van der Waals surface area contributed by atoms with Crippen molar-refractivity contribution in [2.75, 3.05) is 6.54 Å². The molecule has 0 radical (unpaired) electrons. The first-order valence-electron chi connectivity index (χ1n) is 8.11. The van der Waals surface area contributed by atoms with E-state index in [9.17, 15) is 4.39 Å². The molecule has 1 aliphatic rings. The van der Waals surface area contributed by atoms with Crippen molar-refractivity contribution in [2.24, 2.45) is 5.92 Å². The van der Waals surface area contributed by atoms with Gasteiger partial charge in [-0.05, 0) is 56.6 Å². The Hall–Kier alpha value is -0.890. The van der Waals surface area contributed by atoms with Gasteiger partial charge in [0.15, 0.2) is 0 Å². The number of halogens is 1. The van der Waals surface area contributed by atoms with E-state index in [0.717, 1.165) is 23.6 Å². The van der Waals surface area contributed by atoms with Gasteiger partial charge in [0, 0.05) is 24.2 Å². The molecule has 1 aromatic carbocycles. The van der Waals surface area contributed by atoms with E-state index >= 15 is 0 Å². The van der Waals surface area contributed by atoms with Crippen LogP contribution in [0.1, 0.15) is 65.5 Å². The van der Waals surface area contributed by atoms with Gasteiger partial charge in [-0.2, -0.15) is 0 Å². The lowest BCUT2D eigenvalue weighted by atomic mass is 9.86. The van der Waals surface area contributed by atoms with Gasteiger partial charge in [0.05, 0.1) is 0 Å². The highest BCUT2D eigenvalue weighted by Crippen LogP contribution is 2.33. The Kier molecular flexibility index (Phi) is 4.49. The molecule has 0 unspecified atom stereocenters. The summed E-state index contributed by atoms with van der Waals surface area (Å²) in [5.41, 5.74) is 1.96. The maximum Gasteiger partial charge on any atom is 0.127 e. The molecule has 0 atom stereocenters. The lowest BCUT2D eigenvalue weighted by molar-refractivity contribution is 0.119. The van der Waals surface area contributed by atoms with Gasteiger partial charge in [-0.15, -0.1) is 0 Å². The summed E-state index contributed by atoms with van der Waals surface area (Å²) in [4.78, 5) is 2.42. The van der Waals surface area contributed by atoms with Crippen LogP contribution >= 0.6 is 0 Å². The first-order chi connectivity index (χ1) is 9.57. The van der Waals surface area contributed by atoms with Crippen molar-refractivity contribution in [3.05, 3.63) is 35.1 Å². The Balaban J connectivity index is 2.16. The average Bonchev–Trinajstić information content (AvgIpc) is 3.11. The van der Waals surface area contributed by atoms with E-state index in [4.69, 9.17) is 0 Å². The van der Waals surface area contributed by atoms with Crippen LogP contribution in [0.3, 0.4) is 0 Å². The molecule has 0 amide bonds. The number of hydrogen-bond acceptors (Lipinski definition) is 1. The molecule has 0 aromatic heterocycles. The quantitative estimate of drug-likeness (QED) is 0.743. The van der Waals surface area contributed by atoms with Crippen LogP contribution in [0.4, 0.5) is 4.39 Å². The third-order valence-electron chi connectivity index (χ3n) is 4.40. The van der Waals surface area contributed by atoms with E-state index in [1.165, 1.54) is 12.8 Å². The molecule has 118 valence electrons. The number of benzene rings is 1. The first kappa shape index (κ1) is 16.5. The Labute approximate surface area is 129 Å². The van der Waals surface area contributed by atoms with Crippen LogP contribution in [0.25, 0.3) is 0 Å². The molecular weight excluding hydrogens is 261 g/mol. The summed E-state index contributed by atoms with van der Waals surface area (Å²) in [6, 6.07) is 5.77. The standard InChI is InChI=1S/C19H30FN/c1-18(2,3)16-10-9-15(17(20)11-16)13-21(19(4,5)6)12-14-7-8-14/h9-11,14H,7-8,12-13H2,1-6H3. The van der Waals surface area contributed by atoms with Crippen LogP contribution in [0.2, 0.25) is 0 Å². The molecule has 2 rings (SSSR count). The minimum Gasteiger partial charge on any atom is -0.294 e. The number of nitrogens with zero attached hydrogens (tertiary/aromatic N) is 1. The predicted molar refractivity (Wildman–Crippen MR) is 88.0 cm³/mol. The van der Waals surface area contributed by atoms with Crippen molar-refractivity contribution in [2.45, 2.75) is 71.9 Å². The monoisotopic (exact) mass is 291 g/mol. The van der Waals surface area contributed by atoms with Crippen molar-refractivity contribution in [3.8, 4) is 0 Å². The zero-order chi connectivity index (χ0) is 15.8. The van der Waals surface area contributed by atoms with Gasteiger partial charge in [-0.1, -0.05) is 32.9 Å².